The zero-order chi connectivity index (χ0) is 16.0. The van der Waals surface area contributed by atoms with Gasteiger partial charge in [0.1, 0.15) is 5.75 Å². The van der Waals surface area contributed by atoms with Crippen LogP contribution in [-0.2, 0) is 15.1 Å². The van der Waals surface area contributed by atoms with Crippen molar-refractivity contribution in [2.75, 3.05) is 20.7 Å². The Morgan fingerprint density at radius 3 is 2.57 bits per heavy atom. The van der Waals surface area contributed by atoms with Crippen LogP contribution in [0, 0.1) is 0 Å². The van der Waals surface area contributed by atoms with Gasteiger partial charge in [0.15, 0.2) is 0 Å². The normalized spacial score (nSPS) is 14.1. The van der Waals surface area contributed by atoms with E-state index in [4.69, 9.17) is 4.74 Å². The Bertz CT molecular complexity index is 480. The monoisotopic (exact) mass is 301 g/mol. The van der Waals surface area contributed by atoms with Crippen molar-refractivity contribution < 1.29 is 23.0 Å². The van der Waals surface area contributed by atoms with Crippen LogP contribution in [0.1, 0.15) is 25.8 Å². The number of halogens is 2. The highest BCUT2D eigenvalue weighted by Gasteiger charge is 2.33. The summed E-state index contributed by atoms with van der Waals surface area (Å²) in [5.41, 5.74) is 0.0343. The second-order valence-electron chi connectivity index (χ2n) is 5.06. The van der Waals surface area contributed by atoms with Gasteiger partial charge in [0, 0.05) is 0 Å². The third-order valence-electron chi connectivity index (χ3n) is 3.46. The zero-order valence-corrected chi connectivity index (χ0v) is 12.7. The lowest BCUT2D eigenvalue weighted by Gasteiger charge is -2.36. The van der Waals surface area contributed by atoms with Gasteiger partial charge in [-0.15, -0.1) is 0 Å². The molecule has 0 spiro atoms. The van der Waals surface area contributed by atoms with Crippen molar-refractivity contribution in [3.8, 4) is 5.75 Å². The van der Waals surface area contributed by atoms with Crippen molar-refractivity contribution in [2.24, 2.45) is 0 Å². The number of rotatable bonds is 7. The largest absolute Gasteiger partial charge is 0.466 e. The highest BCUT2D eigenvalue weighted by molar-refractivity contribution is 5.71. The molecule has 1 rings (SSSR count). The predicted octanol–water partition coefficient (Wildman–Crippen LogP) is 3.02. The highest BCUT2D eigenvalue weighted by atomic mass is 19.3. The van der Waals surface area contributed by atoms with E-state index in [1.807, 2.05) is 25.9 Å². The number of alkyl halides is 2. The van der Waals surface area contributed by atoms with Crippen molar-refractivity contribution in [3.63, 3.8) is 0 Å². The molecule has 1 aromatic carbocycles. The number of esters is 1. The predicted molar refractivity (Wildman–Crippen MR) is 75.4 cm³/mol. The van der Waals surface area contributed by atoms with Gasteiger partial charge >= 0.3 is 12.6 Å². The highest BCUT2D eigenvalue weighted by Crippen LogP contribution is 2.32. The first-order chi connectivity index (χ1) is 9.79. The van der Waals surface area contributed by atoms with Crippen molar-refractivity contribution in [1.29, 1.82) is 0 Å². The van der Waals surface area contributed by atoms with Gasteiger partial charge in [-0.3, -0.25) is 9.69 Å². The Morgan fingerprint density at radius 1 is 1.38 bits per heavy atom. The van der Waals surface area contributed by atoms with Gasteiger partial charge in [0.05, 0.1) is 18.6 Å². The molecule has 0 fully saturated rings. The molecule has 118 valence electrons. The molecule has 0 amide bonds. The summed E-state index contributed by atoms with van der Waals surface area (Å²) < 4.78 is 34.0. The van der Waals surface area contributed by atoms with Gasteiger partial charge in [-0.05, 0) is 45.6 Å². The average molecular weight is 301 g/mol. The minimum Gasteiger partial charge on any atom is -0.466 e. The molecule has 0 radical (unpaired) electrons. The number of ether oxygens (including phenoxy) is 2. The molecule has 1 unspecified atom stereocenters. The molecule has 0 aliphatic rings. The molecule has 1 aromatic rings. The van der Waals surface area contributed by atoms with Crippen LogP contribution < -0.4 is 4.74 Å². The molecule has 0 aromatic heterocycles. The zero-order valence-electron chi connectivity index (χ0n) is 12.7. The van der Waals surface area contributed by atoms with Gasteiger partial charge in [-0.2, -0.15) is 8.78 Å². The van der Waals surface area contributed by atoms with Crippen LogP contribution in [0.4, 0.5) is 8.78 Å². The molecule has 1 atom stereocenters. The quantitative estimate of drug-likeness (QED) is 0.726. The van der Waals surface area contributed by atoms with Crippen molar-refractivity contribution in [2.45, 2.75) is 32.4 Å². The molecular formula is C15H21F2NO3. The average Bonchev–Trinajstić information content (AvgIpc) is 2.38. The molecule has 4 nitrogen and oxygen atoms in total. The van der Waals surface area contributed by atoms with E-state index in [1.54, 1.807) is 19.1 Å². The summed E-state index contributed by atoms with van der Waals surface area (Å²) >= 11 is 0. The summed E-state index contributed by atoms with van der Waals surface area (Å²) in [6.45, 7) is 1.01. The van der Waals surface area contributed by atoms with Crippen LogP contribution in [0.5, 0.6) is 5.75 Å². The molecule has 0 aliphatic heterocycles. The van der Waals surface area contributed by atoms with E-state index >= 15 is 0 Å². The summed E-state index contributed by atoms with van der Waals surface area (Å²) in [7, 11) is 3.64. The molecule has 0 saturated carbocycles. The maximum Gasteiger partial charge on any atom is 0.387 e. The molecule has 21 heavy (non-hydrogen) atoms. The van der Waals surface area contributed by atoms with Crippen LogP contribution >= 0.6 is 0 Å². The summed E-state index contributed by atoms with van der Waals surface area (Å²) in [6, 6.07) is 6.37. The van der Waals surface area contributed by atoms with E-state index in [9.17, 15) is 13.6 Å². The van der Waals surface area contributed by atoms with Crippen LogP contribution in [0.25, 0.3) is 0 Å². The summed E-state index contributed by atoms with van der Waals surface area (Å²) in [4.78, 5) is 13.7. The number of carbonyl (C=O) groups is 1. The standard InChI is InChI=1S/C15H21F2NO3/c1-5-20-13(19)10-15(2,18(3)4)11-7-6-8-12(9-11)21-14(16)17/h6-9,14H,5,10H2,1-4H3. The smallest absolute Gasteiger partial charge is 0.387 e. The fraction of sp³-hybridized carbons (Fsp3) is 0.533. The number of hydrogen-bond donors (Lipinski definition) is 0. The Morgan fingerprint density at radius 2 is 2.05 bits per heavy atom. The van der Waals surface area contributed by atoms with Crippen LogP contribution in [0.2, 0.25) is 0 Å². The second-order valence-corrected chi connectivity index (χ2v) is 5.06. The summed E-state index contributed by atoms with van der Waals surface area (Å²) in [6.07, 6.45) is 0.117. The lowest BCUT2D eigenvalue weighted by atomic mass is 9.87. The minimum absolute atomic E-state index is 0.0689. The number of benzene rings is 1. The number of nitrogens with zero attached hydrogens (tertiary/aromatic N) is 1. The molecule has 0 saturated heterocycles. The summed E-state index contributed by atoms with van der Waals surface area (Å²) in [5.74, 6) is -0.270. The molecule has 0 heterocycles. The number of hydrogen-bond acceptors (Lipinski definition) is 4. The van der Waals surface area contributed by atoms with Crippen molar-refractivity contribution in [1.82, 2.24) is 4.90 Å². The van der Waals surface area contributed by atoms with Crippen molar-refractivity contribution >= 4 is 5.97 Å². The fourth-order valence-electron chi connectivity index (χ4n) is 2.02. The Hall–Kier alpha value is -1.69. The lowest BCUT2D eigenvalue weighted by Crippen LogP contribution is -2.40. The van der Waals surface area contributed by atoms with Crippen LogP contribution in [0.3, 0.4) is 0 Å². The molecule has 0 N–H and O–H groups in total. The van der Waals surface area contributed by atoms with Crippen LogP contribution in [-0.4, -0.2) is 38.2 Å². The van der Waals surface area contributed by atoms with Gasteiger partial charge in [-0.25, -0.2) is 0 Å². The van der Waals surface area contributed by atoms with E-state index < -0.39 is 12.2 Å². The molecule has 6 heteroatoms. The summed E-state index contributed by atoms with van der Waals surface area (Å²) in [5, 5.41) is 0. The van der Waals surface area contributed by atoms with Crippen molar-refractivity contribution in [3.05, 3.63) is 29.8 Å². The Kier molecular flexibility index (Phi) is 6.08. The minimum atomic E-state index is -2.88. The Balaban J connectivity index is 3.07. The maximum absolute atomic E-state index is 12.3. The first-order valence-corrected chi connectivity index (χ1v) is 6.68. The number of carbonyl (C=O) groups excluding carboxylic acids is 1. The topological polar surface area (TPSA) is 38.8 Å². The first-order valence-electron chi connectivity index (χ1n) is 6.68. The second kappa shape index (κ2) is 7.36. The van der Waals surface area contributed by atoms with Gasteiger partial charge in [-0.1, -0.05) is 12.1 Å². The Labute approximate surface area is 123 Å². The van der Waals surface area contributed by atoms with E-state index in [2.05, 4.69) is 4.74 Å². The van der Waals surface area contributed by atoms with E-state index in [0.717, 1.165) is 0 Å². The van der Waals surface area contributed by atoms with Gasteiger partial charge in [0.2, 0.25) is 0 Å². The third-order valence-corrected chi connectivity index (χ3v) is 3.46. The van der Waals surface area contributed by atoms with E-state index in [1.165, 1.54) is 12.1 Å². The fourth-order valence-corrected chi connectivity index (χ4v) is 2.02. The van der Waals surface area contributed by atoms with E-state index in [-0.39, 0.29) is 18.1 Å². The third kappa shape index (κ3) is 4.67. The maximum atomic E-state index is 12.3. The first kappa shape index (κ1) is 17.4. The SMILES string of the molecule is CCOC(=O)CC(C)(c1cccc(OC(F)F)c1)N(C)C. The van der Waals surface area contributed by atoms with Gasteiger partial charge < -0.3 is 9.47 Å². The van der Waals surface area contributed by atoms with E-state index in [0.29, 0.717) is 12.2 Å². The lowest BCUT2D eigenvalue weighted by molar-refractivity contribution is -0.146. The molecule has 0 aliphatic carbocycles. The molecule has 0 bridgehead atoms. The van der Waals surface area contributed by atoms with Crippen LogP contribution in [0.15, 0.2) is 24.3 Å². The molecular weight excluding hydrogens is 280 g/mol. The van der Waals surface area contributed by atoms with Gasteiger partial charge in [0.25, 0.3) is 0 Å².